The maximum atomic E-state index is 11.9. The summed E-state index contributed by atoms with van der Waals surface area (Å²) in [5, 5.41) is 3.45. The summed E-state index contributed by atoms with van der Waals surface area (Å²) in [5.41, 5.74) is 0. The lowest BCUT2D eigenvalue weighted by Gasteiger charge is -2.30. The minimum Gasteiger partial charge on any atom is -0.381 e. The predicted molar refractivity (Wildman–Crippen MR) is 96.4 cm³/mol. The first-order valence-corrected chi connectivity index (χ1v) is 11.5. The van der Waals surface area contributed by atoms with E-state index in [1.807, 2.05) is 0 Å². The molecule has 1 aliphatic carbocycles. The van der Waals surface area contributed by atoms with E-state index in [2.05, 4.69) is 5.32 Å². The average molecular weight is 359 g/mol. The van der Waals surface area contributed by atoms with Crippen molar-refractivity contribution in [3.05, 3.63) is 0 Å². The lowest BCUT2D eigenvalue weighted by atomic mass is 9.91. The Bertz CT molecular complexity index is 482. The van der Waals surface area contributed by atoms with Crippen LogP contribution in [-0.2, 0) is 14.8 Å². The fraction of sp³-hybridized carbons (Fsp3) is 1.00. The van der Waals surface area contributed by atoms with Crippen molar-refractivity contribution < 1.29 is 13.2 Å². The number of rotatable bonds is 8. The molecule has 6 heteroatoms. The monoisotopic (exact) mass is 358 g/mol. The number of nitrogens with one attached hydrogen (secondary N) is 1. The van der Waals surface area contributed by atoms with Crippen LogP contribution in [0.4, 0.5) is 0 Å². The second kappa shape index (κ2) is 8.47. The van der Waals surface area contributed by atoms with Gasteiger partial charge in [0.05, 0.1) is 5.75 Å². The van der Waals surface area contributed by atoms with Crippen LogP contribution in [0.3, 0.4) is 0 Å². The highest BCUT2D eigenvalue weighted by molar-refractivity contribution is 7.89. The Morgan fingerprint density at radius 1 is 1.12 bits per heavy atom. The number of piperidine rings is 2. The minimum absolute atomic E-state index is 0.216. The molecule has 1 N–H and O–H groups in total. The van der Waals surface area contributed by atoms with E-state index in [-0.39, 0.29) is 5.75 Å². The summed E-state index contributed by atoms with van der Waals surface area (Å²) in [7, 11) is -3.00. The highest BCUT2D eigenvalue weighted by Crippen LogP contribution is 2.49. The molecular formula is C18H34N2O3S. The van der Waals surface area contributed by atoms with Gasteiger partial charge >= 0.3 is 0 Å². The molecule has 2 atom stereocenters. The molecule has 1 saturated carbocycles. The molecule has 24 heavy (non-hydrogen) atoms. The Morgan fingerprint density at radius 2 is 1.83 bits per heavy atom. The first-order chi connectivity index (χ1) is 11.6. The van der Waals surface area contributed by atoms with Gasteiger partial charge in [0.25, 0.3) is 0 Å². The highest BCUT2D eigenvalue weighted by atomic mass is 32.2. The largest absolute Gasteiger partial charge is 0.381 e. The van der Waals surface area contributed by atoms with Crippen LogP contribution < -0.4 is 5.32 Å². The summed E-state index contributed by atoms with van der Waals surface area (Å²) in [4.78, 5) is 0. The summed E-state index contributed by atoms with van der Waals surface area (Å²) in [6, 6.07) is 0. The van der Waals surface area contributed by atoms with Crippen LogP contribution in [0, 0.1) is 23.7 Å². The number of nitrogens with zero attached hydrogens (tertiary/aromatic N) is 1. The summed E-state index contributed by atoms with van der Waals surface area (Å²) < 4.78 is 31.3. The lowest BCUT2D eigenvalue weighted by Crippen LogP contribution is -2.40. The van der Waals surface area contributed by atoms with Gasteiger partial charge in [0.15, 0.2) is 0 Å². The van der Waals surface area contributed by atoms with E-state index in [4.69, 9.17) is 4.74 Å². The number of sulfonamides is 1. The third-order valence-electron chi connectivity index (χ3n) is 6.28. The second-order valence-corrected chi connectivity index (χ2v) is 10.1. The molecule has 2 saturated heterocycles. The zero-order valence-electron chi connectivity index (χ0n) is 15.1. The Balaban J connectivity index is 1.25. The van der Waals surface area contributed by atoms with Crippen LogP contribution in [0.5, 0.6) is 0 Å². The molecule has 5 nitrogen and oxygen atoms in total. The summed E-state index contributed by atoms with van der Waals surface area (Å²) in [6.07, 6.45) is 7.25. The van der Waals surface area contributed by atoms with E-state index in [1.165, 1.54) is 38.8 Å². The molecule has 2 aliphatic heterocycles. The number of hydrogen-bond donors (Lipinski definition) is 1. The van der Waals surface area contributed by atoms with Crippen LogP contribution in [-0.4, -0.2) is 57.9 Å². The topological polar surface area (TPSA) is 58.6 Å². The molecule has 0 aromatic carbocycles. The molecule has 140 valence electrons. The Labute approximate surface area is 147 Å². The molecular weight excluding hydrogens is 324 g/mol. The Morgan fingerprint density at radius 3 is 2.50 bits per heavy atom. The molecule has 0 aromatic rings. The molecule has 0 bridgehead atoms. The van der Waals surface area contributed by atoms with Crippen molar-refractivity contribution in [1.29, 1.82) is 0 Å². The molecule has 0 amide bonds. The van der Waals surface area contributed by atoms with Gasteiger partial charge in [-0.1, -0.05) is 0 Å². The van der Waals surface area contributed by atoms with Crippen molar-refractivity contribution in [1.82, 2.24) is 9.62 Å². The summed E-state index contributed by atoms with van der Waals surface area (Å²) >= 11 is 0. The van der Waals surface area contributed by atoms with Gasteiger partial charge in [0, 0.05) is 26.3 Å². The van der Waals surface area contributed by atoms with Gasteiger partial charge in [-0.2, -0.15) is 0 Å². The molecule has 0 aromatic heterocycles. The Kier molecular flexibility index (Phi) is 6.57. The van der Waals surface area contributed by atoms with Crippen LogP contribution >= 0.6 is 0 Å². The average Bonchev–Trinajstić information content (AvgIpc) is 3.39. The third-order valence-corrected chi connectivity index (χ3v) is 8.17. The van der Waals surface area contributed by atoms with Gasteiger partial charge in [-0.3, -0.25) is 0 Å². The summed E-state index contributed by atoms with van der Waals surface area (Å²) in [6.45, 7) is 7.17. The Hall–Kier alpha value is -0.170. The predicted octanol–water partition coefficient (Wildman–Crippen LogP) is 2.09. The zero-order chi connectivity index (χ0) is 17.0. The fourth-order valence-corrected chi connectivity index (χ4v) is 5.61. The van der Waals surface area contributed by atoms with Gasteiger partial charge < -0.3 is 10.1 Å². The lowest BCUT2D eigenvalue weighted by molar-refractivity contribution is 0.0745. The standard InChI is InChI=1S/C18H34N2O3S/c1-2-24(21,22)20-10-5-15(6-11-20)14-23-12-7-17-13-18(17)16-3-8-19-9-4-16/h15-19H,2-14H2,1H3/t17-,18-/m1/s1. The molecule has 3 rings (SSSR count). The van der Waals surface area contributed by atoms with Gasteiger partial charge in [-0.25, -0.2) is 12.7 Å². The van der Waals surface area contributed by atoms with Crippen molar-refractivity contribution in [3.63, 3.8) is 0 Å². The van der Waals surface area contributed by atoms with E-state index in [1.54, 1.807) is 11.2 Å². The van der Waals surface area contributed by atoms with E-state index in [0.717, 1.165) is 43.8 Å². The van der Waals surface area contributed by atoms with E-state index in [0.29, 0.717) is 19.0 Å². The van der Waals surface area contributed by atoms with E-state index >= 15 is 0 Å². The van der Waals surface area contributed by atoms with Crippen LogP contribution in [0.2, 0.25) is 0 Å². The molecule has 0 unspecified atom stereocenters. The van der Waals surface area contributed by atoms with Crippen molar-refractivity contribution in [3.8, 4) is 0 Å². The van der Waals surface area contributed by atoms with Crippen molar-refractivity contribution in [2.45, 2.75) is 45.4 Å². The van der Waals surface area contributed by atoms with Crippen molar-refractivity contribution in [2.75, 3.05) is 45.1 Å². The first-order valence-electron chi connectivity index (χ1n) is 9.86. The molecule has 0 radical (unpaired) electrons. The number of hydrogen-bond acceptors (Lipinski definition) is 4. The maximum absolute atomic E-state index is 11.9. The number of ether oxygens (including phenoxy) is 1. The molecule has 0 spiro atoms. The summed E-state index contributed by atoms with van der Waals surface area (Å²) in [5.74, 6) is 3.59. The SMILES string of the molecule is CCS(=O)(=O)N1CCC(COCC[C@@H]2C[C@@H]2C2CCNCC2)CC1. The molecule has 2 heterocycles. The van der Waals surface area contributed by atoms with Gasteiger partial charge in [-0.05, 0) is 82.2 Å². The fourth-order valence-electron chi connectivity index (χ4n) is 4.47. The second-order valence-electron chi connectivity index (χ2n) is 7.85. The quantitative estimate of drug-likeness (QED) is 0.675. The molecule has 3 aliphatic rings. The smallest absolute Gasteiger partial charge is 0.213 e. The van der Waals surface area contributed by atoms with E-state index < -0.39 is 10.0 Å². The van der Waals surface area contributed by atoms with E-state index in [9.17, 15) is 8.42 Å². The van der Waals surface area contributed by atoms with Gasteiger partial charge in [0.1, 0.15) is 0 Å². The maximum Gasteiger partial charge on any atom is 0.213 e. The van der Waals surface area contributed by atoms with Gasteiger partial charge in [-0.15, -0.1) is 0 Å². The normalized spacial score (nSPS) is 30.5. The molecule has 3 fully saturated rings. The van der Waals surface area contributed by atoms with Crippen molar-refractivity contribution in [2.24, 2.45) is 23.7 Å². The first kappa shape index (κ1) is 18.6. The van der Waals surface area contributed by atoms with Crippen LogP contribution in [0.15, 0.2) is 0 Å². The van der Waals surface area contributed by atoms with Gasteiger partial charge in [0.2, 0.25) is 10.0 Å². The minimum atomic E-state index is -3.00. The van der Waals surface area contributed by atoms with Crippen LogP contribution in [0.25, 0.3) is 0 Å². The third kappa shape index (κ3) is 4.93. The van der Waals surface area contributed by atoms with Crippen molar-refractivity contribution >= 4 is 10.0 Å². The highest BCUT2D eigenvalue weighted by Gasteiger charge is 2.42. The van der Waals surface area contributed by atoms with Crippen LogP contribution in [0.1, 0.15) is 45.4 Å². The zero-order valence-corrected chi connectivity index (χ0v) is 15.9.